The van der Waals surface area contributed by atoms with Gasteiger partial charge in [0.05, 0.1) is 26.2 Å². The van der Waals surface area contributed by atoms with Crippen LogP contribution in [0.5, 0.6) is 11.5 Å². The molecule has 1 aliphatic heterocycles. The molecule has 156 valence electrons. The molecule has 2 aromatic carbocycles. The van der Waals surface area contributed by atoms with Gasteiger partial charge in [-0.25, -0.2) is 0 Å². The first-order valence-electron chi connectivity index (χ1n) is 10.7. The molecule has 0 spiro atoms. The van der Waals surface area contributed by atoms with Crippen LogP contribution >= 0.6 is 0 Å². The number of β-lactam (4-membered cyclic amide) rings is 1. The lowest BCUT2D eigenvalue weighted by atomic mass is 9.78. The van der Waals surface area contributed by atoms with Crippen molar-refractivity contribution in [2.24, 2.45) is 5.92 Å². The minimum atomic E-state index is 0.00802. The van der Waals surface area contributed by atoms with E-state index in [1.807, 2.05) is 41.3 Å². The molecule has 2 aromatic rings. The zero-order valence-electron chi connectivity index (χ0n) is 17.7. The molecule has 2 atom stereocenters. The summed E-state index contributed by atoms with van der Waals surface area (Å²) < 4.78 is 10.6. The summed E-state index contributed by atoms with van der Waals surface area (Å²) in [6, 6.07) is 15.9. The third-order valence-electron chi connectivity index (χ3n) is 6.07. The molecule has 0 unspecified atom stereocenters. The maximum absolute atomic E-state index is 13.1. The van der Waals surface area contributed by atoms with Gasteiger partial charge in [-0.2, -0.15) is 0 Å². The van der Waals surface area contributed by atoms with Crippen molar-refractivity contribution in [2.45, 2.75) is 38.1 Å². The number of ether oxygens (including phenoxy) is 2. The van der Waals surface area contributed by atoms with Crippen molar-refractivity contribution < 1.29 is 14.3 Å². The number of carbonyl (C=O) groups excluding carboxylic acids is 1. The Balaban J connectivity index is 1.52. The first-order chi connectivity index (χ1) is 14.7. The molecule has 1 heterocycles. The number of amides is 1. The van der Waals surface area contributed by atoms with Crippen LogP contribution in [0, 0.1) is 5.92 Å². The van der Waals surface area contributed by atoms with E-state index >= 15 is 0 Å². The van der Waals surface area contributed by atoms with Gasteiger partial charge in [-0.15, -0.1) is 0 Å². The zero-order valence-corrected chi connectivity index (χ0v) is 17.7. The van der Waals surface area contributed by atoms with Crippen molar-refractivity contribution in [3.8, 4) is 11.5 Å². The summed E-state index contributed by atoms with van der Waals surface area (Å²) in [5, 5.41) is 0. The van der Waals surface area contributed by atoms with Crippen LogP contribution in [0.2, 0.25) is 0 Å². The van der Waals surface area contributed by atoms with E-state index in [9.17, 15) is 4.79 Å². The van der Waals surface area contributed by atoms with Crippen LogP contribution in [0.15, 0.2) is 72.3 Å². The van der Waals surface area contributed by atoms with Crippen molar-refractivity contribution in [2.75, 3.05) is 19.1 Å². The van der Waals surface area contributed by atoms with Gasteiger partial charge in [-0.05, 0) is 74.1 Å². The van der Waals surface area contributed by atoms with Gasteiger partial charge in [0.2, 0.25) is 5.91 Å². The van der Waals surface area contributed by atoms with Gasteiger partial charge in [0.1, 0.15) is 11.5 Å². The van der Waals surface area contributed by atoms with Crippen molar-refractivity contribution >= 4 is 11.6 Å². The summed E-state index contributed by atoms with van der Waals surface area (Å²) in [5.41, 5.74) is 3.46. The molecule has 1 fully saturated rings. The number of anilines is 1. The molecular formula is C26H29NO3. The van der Waals surface area contributed by atoms with Crippen LogP contribution in [0.25, 0.3) is 0 Å². The largest absolute Gasteiger partial charge is 0.497 e. The average molecular weight is 404 g/mol. The van der Waals surface area contributed by atoms with Crippen molar-refractivity contribution in [1.82, 2.24) is 0 Å². The highest BCUT2D eigenvalue weighted by Crippen LogP contribution is 2.46. The third-order valence-corrected chi connectivity index (χ3v) is 6.07. The van der Waals surface area contributed by atoms with Crippen molar-refractivity contribution in [1.29, 1.82) is 0 Å². The second-order valence-electron chi connectivity index (χ2n) is 7.88. The Labute approximate surface area is 178 Å². The first kappa shape index (κ1) is 20.3. The van der Waals surface area contributed by atoms with Crippen LogP contribution in [0.4, 0.5) is 5.69 Å². The summed E-state index contributed by atoms with van der Waals surface area (Å²) in [7, 11) is 3.32. The summed E-state index contributed by atoms with van der Waals surface area (Å²) in [4.78, 5) is 15.1. The third kappa shape index (κ3) is 4.13. The Morgan fingerprint density at radius 3 is 2.20 bits per heavy atom. The van der Waals surface area contributed by atoms with E-state index in [-0.39, 0.29) is 17.9 Å². The monoisotopic (exact) mass is 403 g/mol. The molecule has 2 aliphatic rings. The highest BCUT2D eigenvalue weighted by molar-refractivity contribution is 6.03. The number of benzene rings is 2. The Kier molecular flexibility index (Phi) is 6.22. The molecule has 4 nitrogen and oxygen atoms in total. The molecule has 0 bridgehead atoms. The van der Waals surface area contributed by atoms with Crippen molar-refractivity contribution in [3.05, 3.63) is 77.9 Å². The number of carbonyl (C=O) groups is 1. The Hall–Kier alpha value is -3.01. The van der Waals surface area contributed by atoms with E-state index in [1.165, 1.54) is 5.57 Å². The lowest BCUT2D eigenvalue weighted by Gasteiger charge is -2.47. The maximum Gasteiger partial charge on any atom is 0.233 e. The normalized spacial score (nSPS) is 20.5. The Morgan fingerprint density at radius 1 is 0.933 bits per heavy atom. The van der Waals surface area contributed by atoms with Crippen LogP contribution in [0.1, 0.15) is 43.7 Å². The topological polar surface area (TPSA) is 38.8 Å². The predicted octanol–water partition coefficient (Wildman–Crippen LogP) is 5.85. The second-order valence-corrected chi connectivity index (χ2v) is 7.88. The van der Waals surface area contributed by atoms with E-state index in [1.54, 1.807) is 14.2 Å². The van der Waals surface area contributed by atoms with Crippen LogP contribution < -0.4 is 14.4 Å². The van der Waals surface area contributed by atoms with Crippen molar-refractivity contribution in [3.63, 3.8) is 0 Å². The van der Waals surface area contributed by atoms with Gasteiger partial charge in [-0.3, -0.25) is 4.79 Å². The molecule has 30 heavy (non-hydrogen) atoms. The Bertz CT molecular complexity index is 928. The van der Waals surface area contributed by atoms with E-state index in [0.29, 0.717) is 0 Å². The standard InChI is InChI=1S/C26H29NO3/c1-29-22-15-11-20(12-16-22)25-24(10-6-9-19-7-4-3-5-8-19)26(28)27(25)21-13-17-23(30-2)18-14-21/h4,7-8,11-18,24-25H,3,5-6,9-10H2,1-2H3/t24-,25-/m1/s1. The van der Waals surface area contributed by atoms with Gasteiger partial charge in [-0.1, -0.05) is 35.9 Å². The number of hydrogen-bond acceptors (Lipinski definition) is 3. The van der Waals surface area contributed by atoms with E-state index < -0.39 is 0 Å². The zero-order chi connectivity index (χ0) is 20.9. The lowest BCUT2D eigenvalue weighted by Crippen LogP contribution is -2.55. The van der Waals surface area contributed by atoms with Gasteiger partial charge >= 0.3 is 0 Å². The summed E-state index contributed by atoms with van der Waals surface area (Å²) >= 11 is 0. The van der Waals surface area contributed by atoms with E-state index in [0.717, 1.165) is 54.9 Å². The van der Waals surface area contributed by atoms with Gasteiger partial charge in [0.25, 0.3) is 0 Å². The fraction of sp³-hybridized carbons (Fsp3) is 0.346. The molecule has 0 saturated carbocycles. The summed E-state index contributed by atoms with van der Waals surface area (Å²) in [6.07, 6.45) is 12.0. The fourth-order valence-electron chi connectivity index (χ4n) is 4.42. The molecule has 0 radical (unpaired) electrons. The van der Waals surface area contributed by atoms with E-state index in [4.69, 9.17) is 9.47 Å². The van der Waals surface area contributed by atoms with Gasteiger partial charge < -0.3 is 14.4 Å². The maximum atomic E-state index is 13.1. The SMILES string of the molecule is COc1ccc([C@@H]2[C@@H](CCCC3=CCCC=C3)C(=O)N2c2ccc(OC)cc2)cc1. The minimum Gasteiger partial charge on any atom is -0.497 e. The minimum absolute atomic E-state index is 0.00802. The second kappa shape index (κ2) is 9.21. The van der Waals surface area contributed by atoms with Crippen LogP contribution in [0.3, 0.4) is 0 Å². The summed E-state index contributed by atoms with van der Waals surface area (Å²) in [6.45, 7) is 0. The molecular weight excluding hydrogens is 374 g/mol. The van der Waals surface area contributed by atoms with Crippen LogP contribution in [-0.4, -0.2) is 20.1 Å². The smallest absolute Gasteiger partial charge is 0.233 e. The molecule has 1 saturated heterocycles. The van der Waals surface area contributed by atoms with Gasteiger partial charge in [0, 0.05) is 5.69 Å². The molecule has 0 N–H and O–H groups in total. The number of hydrogen-bond donors (Lipinski definition) is 0. The van der Waals surface area contributed by atoms with Crippen LogP contribution in [-0.2, 0) is 4.79 Å². The molecule has 1 amide bonds. The molecule has 1 aliphatic carbocycles. The quantitative estimate of drug-likeness (QED) is 0.519. The van der Waals surface area contributed by atoms with E-state index in [2.05, 4.69) is 30.4 Å². The highest BCUT2D eigenvalue weighted by Gasteiger charge is 2.48. The average Bonchev–Trinajstić information content (AvgIpc) is 2.81. The highest BCUT2D eigenvalue weighted by atomic mass is 16.5. The number of methoxy groups -OCH3 is 2. The summed E-state index contributed by atoms with van der Waals surface area (Å²) in [5.74, 6) is 1.83. The van der Waals surface area contributed by atoms with Gasteiger partial charge in [0.15, 0.2) is 0 Å². The number of nitrogens with zero attached hydrogens (tertiary/aromatic N) is 1. The predicted molar refractivity (Wildman–Crippen MR) is 120 cm³/mol. The molecule has 4 rings (SSSR count). The Morgan fingerprint density at radius 2 is 1.60 bits per heavy atom. The molecule has 0 aromatic heterocycles. The lowest BCUT2D eigenvalue weighted by molar-refractivity contribution is -0.130. The fourth-order valence-corrected chi connectivity index (χ4v) is 4.42. The molecule has 4 heteroatoms. The first-order valence-corrected chi connectivity index (χ1v) is 10.7. The number of allylic oxidation sites excluding steroid dienone is 4. The number of rotatable bonds is 8.